The van der Waals surface area contributed by atoms with Crippen molar-refractivity contribution >= 4 is 39.1 Å². The van der Waals surface area contributed by atoms with E-state index in [1.165, 1.54) is 36.2 Å². The zero-order chi connectivity index (χ0) is 29.4. The average molecular weight is 590 g/mol. The molecule has 212 valence electrons. The lowest BCUT2D eigenvalue weighted by atomic mass is 10.0. The van der Waals surface area contributed by atoms with Gasteiger partial charge in [0.25, 0.3) is 10.0 Å². The lowest BCUT2D eigenvalue weighted by molar-refractivity contribution is -0.139. The summed E-state index contributed by atoms with van der Waals surface area (Å²) in [5.41, 5.74) is 3.01. The first-order valence-electron chi connectivity index (χ1n) is 13.1. The molecule has 0 heterocycles. The molecule has 4 aromatic rings. The Morgan fingerprint density at radius 3 is 2.02 bits per heavy atom. The zero-order valence-corrected chi connectivity index (χ0v) is 24.5. The van der Waals surface area contributed by atoms with Crippen molar-refractivity contribution in [1.29, 1.82) is 0 Å². The summed E-state index contributed by atoms with van der Waals surface area (Å²) in [7, 11) is -2.64. The van der Waals surface area contributed by atoms with Crippen LogP contribution in [0.5, 0.6) is 0 Å². The second kappa shape index (κ2) is 13.5. The highest BCUT2D eigenvalue weighted by Crippen LogP contribution is 2.26. The Balaban J connectivity index is 1.78. The van der Waals surface area contributed by atoms with E-state index in [-0.39, 0.29) is 23.8 Å². The van der Waals surface area contributed by atoms with Gasteiger partial charge in [0.2, 0.25) is 11.8 Å². The molecule has 1 unspecified atom stereocenters. The maximum absolute atomic E-state index is 14.2. The van der Waals surface area contributed by atoms with Gasteiger partial charge in [0.1, 0.15) is 12.6 Å². The van der Waals surface area contributed by atoms with Crippen LogP contribution in [0.15, 0.2) is 114 Å². The van der Waals surface area contributed by atoms with Crippen molar-refractivity contribution in [3.05, 3.63) is 131 Å². The zero-order valence-electron chi connectivity index (χ0n) is 22.9. The van der Waals surface area contributed by atoms with Gasteiger partial charge < -0.3 is 10.2 Å². The monoisotopic (exact) mass is 589 g/mol. The van der Waals surface area contributed by atoms with E-state index in [2.05, 4.69) is 5.32 Å². The SMILES string of the molecule is CNC(=O)C(Cc1ccccc1)N(Cc1ccccc1C)C(=O)CN(c1ccccc1)S(=O)(=O)c1ccc(Cl)cc1. The number of amides is 2. The molecule has 0 saturated carbocycles. The molecule has 2 amide bonds. The Morgan fingerprint density at radius 2 is 1.41 bits per heavy atom. The number of hydrogen-bond donors (Lipinski definition) is 1. The number of likely N-dealkylation sites (N-methyl/N-ethyl adjacent to an activating group) is 1. The lowest BCUT2D eigenvalue weighted by Crippen LogP contribution is -2.53. The van der Waals surface area contributed by atoms with Crippen LogP contribution in [0.25, 0.3) is 0 Å². The van der Waals surface area contributed by atoms with E-state index in [9.17, 15) is 18.0 Å². The quantitative estimate of drug-likeness (QED) is 0.260. The van der Waals surface area contributed by atoms with Gasteiger partial charge in [-0.05, 0) is 60.0 Å². The standard InChI is InChI=1S/C32H32ClN3O4S/c1-24-11-9-10-14-26(24)22-35(30(32(38)34-2)21-25-12-5-3-6-13-25)31(37)23-36(28-15-7-4-8-16-28)41(39,40)29-19-17-27(33)18-20-29/h3-20,30H,21-23H2,1-2H3,(H,34,38). The number of carbonyl (C=O) groups excluding carboxylic acids is 2. The summed E-state index contributed by atoms with van der Waals surface area (Å²) in [6.07, 6.45) is 0.257. The van der Waals surface area contributed by atoms with Crippen LogP contribution < -0.4 is 9.62 Å². The summed E-state index contributed by atoms with van der Waals surface area (Å²) in [6.45, 7) is 1.55. The highest BCUT2D eigenvalue weighted by molar-refractivity contribution is 7.92. The number of rotatable bonds is 11. The number of carbonyl (C=O) groups is 2. The van der Waals surface area contributed by atoms with Crippen LogP contribution in [0.4, 0.5) is 5.69 Å². The van der Waals surface area contributed by atoms with E-state index in [1.54, 1.807) is 30.3 Å². The number of nitrogens with zero attached hydrogens (tertiary/aromatic N) is 2. The molecule has 1 N–H and O–H groups in total. The van der Waals surface area contributed by atoms with Crippen LogP contribution >= 0.6 is 11.6 Å². The summed E-state index contributed by atoms with van der Waals surface area (Å²) in [6, 6.07) is 30.4. The molecular weight excluding hydrogens is 558 g/mol. The van der Waals surface area contributed by atoms with Gasteiger partial charge in [-0.15, -0.1) is 0 Å². The van der Waals surface area contributed by atoms with Crippen molar-refractivity contribution in [3.63, 3.8) is 0 Å². The minimum atomic E-state index is -4.16. The fraction of sp³-hybridized carbons (Fsp3) is 0.188. The summed E-state index contributed by atoms with van der Waals surface area (Å²) in [5.74, 6) is -0.859. The highest BCUT2D eigenvalue weighted by Gasteiger charge is 2.34. The molecule has 4 aromatic carbocycles. The summed E-state index contributed by atoms with van der Waals surface area (Å²) >= 11 is 6.01. The minimum Gasteiger partial charge on any atom is -0.357 e. The van der Waals surface area contributed by atoms with Gasteiger partial charge in [0.15, 0.2) is 0 Å². The topological polar surface area (TPSA) is 86.8 Å². The fourth-order valence-corrected chi connectivity index (χ4v) is 6.09. The van der Waals surface area contributed by atoms with Gasteiger partial charge in [-0.1, -0.05) is 84.4 Å². The second-order valence-electron chi connectivity index (χ2n) is 9.57. The number of anilines is 1. The summed E-state index contributed by atoms with van der Waals surface area (Å²) < 4.78 is 28.9. The van der Waals surface area contributed by atoms with E-state index >= 15 is 0 Å². The number of nitrogens with one attached hydrogen (secondary N) is 1. The third-order valence-electron chi connectivity index (χ3n) is 6.84. The van der Waals surface area contributed by atoms with E-state index in [4.69, 9.17) is 11.6 Å². The van der Waals surface area contributed by atoms with Crippen molar-refractivity contribution in [2.24, 2.45) is 0 Å². The van der Waals surface area contributed by atoms with Crippen LogP contribution in [0.3, 0.4) is 0 Å². The number of hydrogen-bond acceptors (Lipinski definition) is 4. The highest BCUT2D eigenvalue weighted by atomic mass is 35.5. The molecule has 7 nitrogen and oxygen atoms in total. The normalized spacial score (nSPS) is 11.9. The van der Waals surface area contributed by atoms with Gasteiger partial charge in [-0.3, -0.25) is 13.9 Å². The van der Waals surface area contributed by atoms with Crippen LogP contribution in [0.1, 0.15) is 16.7 Å². The predicted molar refractivity (Wildman–Crippen MR) is 162 cm³/mol. The van der Waals surface area contributed by atoms with E-state index < -0.39 is 28.5 Å². The van der Waals surface area contributed by atoms with Crippen molar-refractivity contribution in [1.82, 2.24) is 10.2 Å². The van der Waals surface area contributed by atoms with Crippen molar-refractivity contribution in [2.45, 2.75) is 30.8 Å². The molecule has 0 aliphatic rings. The van der Waals surface area contributed by atoms with Crippen LogP contribution in [0.2, 0.25) is 5.02 Å². The molecule has 0 spiro atoms. The molecule has 9 heteroatoms. The van der Waals surface area contributed by atoms with Crippen molar-refractivity contribution < 1.29 is 18.0 Å². The maximum atomic E-state index is 14.2. The molecule has 41 heavy (non-hydrogen) atoms. The summed E-state index contributed by atoms with van der Waals surface area (Å²) in [4.78, 5) is 29.0. The van der Waals surface area contributed by atoms with Gasteiger partial charge in [-0.25, -0.2) is 8.42 Å². The smallest absolute Gasteiger partial charge is 0.264 e. The molecule has 0 radical (unpaired) electrons. The largest absolute Gasteiger partial charge is 0.357 e. The molecule has 4 rings (SSSR count). The first-order chi connectivity index (χ1) is 19.7. The first kappa shape index (κ1) is 29.8. The van der Waals surface area contributed by atoms with Gasteiger partial charge in [-0.2, -0.15) is 0 Å². The number of benzene rings is 4. The van der Waals surface area contributed by atoms with E-state index in [0.717, 1.165) is 21.0 Å². The third kappa shape index (κ3) is 7.34. The molecule has 0 aliphatic carbocycles. The predicted octanol–water partition coefficient (Wildman–Crippen LogP) is 5.23. The first-order valence-corrected chi connectivity index (χ1v) is 15.0. The fourth-order valence-electron chi connectivity index (χ4n) is 4.55. The van der Waals surface area contributed by atoms with Crippen LogP contribution in [-0.4, -0.2) is 44.8 Å². The van der Waals surface area contributed by atoms with Crippen molar-refractivity contribution in [2.75, 3.05) is 17.9 Å². The molecular formula is C32H32ClN3O4S. The van der Waals surface area contributed by atoms with Crippen LogP contribution in [-0.2, 0) is 32.6 Å². The van der Waals surface area contributed by atoms with E-state index in [1.807, 2.05) is 61.5 Å². The Kier molecular flexibility index (Phi) is 9.81. The van der Waals surface area contributed by atoms with Gasteiger partial charge >= 0.3 is 0 Å². The number of halogens is 1. The molecule has 0 aromatic heterocycles. The summed E-state index contributed by atoms with van der Waals surface area (Å²) in [5, 5.41) is 3.08. The molecule has 0 saturated heterocycles. The lowest BCUT2D eigenvalue weighted by Gasteiger charge is -2.34. The Labute approximate surface area is 246 Å². The van der Waals surface area contributed by atoms with Crippen molar-refractivity contribution in [3.8, 4) is 0 Å². The average Bonchev–Trinajstić information content (AvgIpc) is 2.99. The number of para-hydroxylation sites is 1. The maximum Gasteiger partial charge on any atom is 0.264 e. The molecule has 1 atom stereocenters. The van der Waals surface area contributed by atoms with Crippen LogP contribution in [0, 0.1) is 6.92 Å². The third-order valence-corrected chi connectivity index (χ3v) is 8.88. The van der Waals surface area contributed by atoms with Gasteiger partial charge in [0, 0.05) is 25.0 Å². The van der Waals surface area contributed by atoms with E-state index in [0.29, 0.717) is 10.7 Å². The second-order valence-corrected chi connectivity index (χ2v) is 11.9. The Hall–Kier alpha value is -4.14. The molecule has 0 bridgehead atoms. The van der Waals surface area contributed by atoms with Gasteiger partial charge in [0.05, 0.1) is 10.6 Å². The minimum absolute atomic E-state index is 0.00357. The Bertz CT molecular complexity index is 1580. The number of sulfonamides is 1. The Morgan fingerprint density at radius 1 is 0.829 bits per heavy atom. The molecule has 0 aliphatic heterocycles. The number of aryl methyl sites for hydroxylation is 1. The molecule has 0 fully saturated rings.